The Morgan fingerprint density at radius 2 is 0.854 bits per heavy atom. The van der Waals surface area contributed by atoms with E-state index < -0.39 is 0 Å². The van der Waals surface area contributed by atoms with E-state index in [1.165, 1.54) is 0 Å². The second kappa shape index (κ2) is 12.9. The summed E-state index contributed by atoms with van der Waals surface area (Å²) in [5, 5.41) is 19.4. The van der Waals surface area contributed by atoms with Crippen molar-refractivity contribution in [3.05, 3.63) is 151 Å². The highest BCUT2D eigenvalue weighted by Crippen LogP contribution is 2.34. The Labute approximate surface area is 276 Å². The highest BCUT2D eigenvalue weighted by Gasteiger charge is 2.16. The fourth-order valence-corrected chi connectivity index (χ4v) is 5.43. The molecule has 0 fully saturated rings. The Bertz CT molecular complexity index is 2180. The molecule has 0 aliphatic carbocycles. The van der Waals surface area contributed by atoms with Crippen molar-refractivity contribution >= 4 is 5.69 Å². The van der Waals surface area contributed by atoms with Crippen LogP contribution in [0.15, 0.2) is 128 Å². The van der Waals surface area contributed by atoms with Crippen LogP contribution in [0.4, 0.5) is 5.69 Å². The van der Waals surface area contributed by atoms with Crippen molar-refractivity contribution in [2.24, 2.45) is 0 Å². The van der Waals surface area contributed by atoms with E-state index in [1.807, 2.05) is 91.0 Å². The number of aromatic nitrogens is 6. The number of hydrogen-bond acceptors (Lipinski definition) is 8. The second-order valence-electron chi connectivity index (χ2n) is 10.6. The molecule has 0 amide bonds. The van der Waals surface area contributed by atoms with E-state index in [9.17, 15) is 10.5 Å². The van der Waals surface area contributed by atoms with Crippen molar-refractivity contribution < 1.29 is 0 Å². The highest BCUT2D eigenvalue weighted by molar-refractivity contribution is 5.81. The summed E-state index contributed by atoms with van der Waals surface area (Å²) in [7, 11) is 0. The van der Waals surface area contributed by atoms with E-state index in [4.69, 9.17) is 21.5 Å². The summed E-state index contributed by atoms with van der Waals surface area (Å²) >= 11 is 0. The van der Waals surface area contributed by atoms with E-state index in [2.05, 4.69) is 31.9 Å². The molecule has 0 N–H and O–H groups in total. The Morgan fingerprint density at radius 1 is 0.479 bits per heavy atom. The van der Waals surface area contributed by atoms with E-state index in [-0.39, 0.29) is 0 Å². The number of rotatable bonds is 6. The van der Waals surface area contributed by atoms with Gasteiger partial charge < -0.3 is 0 Å². The van der Waals surface area contributed by atoms with Gasteiger partial charge in [-0.05, 0) is 58.7 Å². The topological polar surface area (TPSA) is 129 Å². The van der Waals surface area contributed by atoms with E-state index in [0.29, 0.717) is 34.3 Å². The quantitative estimate of drug-likeness (QED) is 0.171. The van der Waals surface area contributed by atoms with Crippen LogP contribution < -0.4 is 0 Å². The molecule has 9 nitrogen and oxygen atoms in total. The highest BCUT2D eigenvalue weighted by atomic mass is 15.0. The summed E-state index contributed by atoms with van der Waals surface area (Å²) < 4.78 is 0. The van der Waals surface area contributed by atoms with Crippen molar-refractivity contribution in [2.75, 3.05) is 0 Å². The van der Waals surface area contributed by atoms with E-state index in [1.54, 1.807) is 37.2 Å². The molecule has 0 unspecified atom stereocenters. The average Bonchev–Trinajstić information content (AvgIpc) is 3.17. The van der Waals surface area contributed by atoms with Crippen LogP contribution in [0.5, 0.6) is 0 Å². The molecule has 48 heavy (non-hydrogen) atoms. The molecule has 7 rings (SSSR count). The van der Waals surface area contributed by atoms with Crippen molar-refractivity contribution in [1.29, 1.82) is 10.5 Å². The Balaban J connectivity index is 1.41. The molecule has 7 aromatic rings. The molecule has 0 saturated heterocycles. The third kappa shape index (κ3) is 5.73. The Morgan fingerprint density at radius 3 is 1.27 bits per heavy atom. The first-order valence-corrected chi connectivity index (χ1v) is 14.7. The zero-order valence-electron chi connectivity index (χ0n) is 25.1. The van der Waals surface area contributed by atoms with Gasteiger partial charge in [-0.1, -0.05) is 54.6 Å². The van der Waals surface area contributed by atoms with Crippen LogP contribution in [0.3, 0.4) is 0 Å². The number of nitrogens with zero attached hydrogens (tertiary/aromatic N) is 9. The average molecular weight is 616 g/mol. The van der Waals surface area contributed by atoms with Crippen molar-refractivity contribution in [3.8, 4) is 79.7 Å². The van der Waals surface area contributed by atoms with Gasteiger partial charge in [-0.3, -0.25) is 15.0 Å². The maximum Gasteiger partial charge on any atom is 0.212 e. The van der Waals surface area contributed by atoms with Gasteiger partial charge in [0.05, 0.1) is 17.7 Å². The fraction of sp³-hybridized carbons (Fsp3) is 0. The molecule has 4 heterocycles. The van der Waals surface area contributed by atoms with Crippen molar-refractivity contribution in [3.63, 3.8) is 0 Å². The van der Waals surface area contributed by atoms with Crippen LogP contribution in [-0.4, -0.2) is 29.9 Å². The SMILES string of the molecule is [C-]#[N+]c1cnccc1-c1cccc(-c2nc(-c3cccc(-c4ccncc4C#N)c3)nc(-c3cccc(-c4ccncc4C#N)c3)n2)c1. The molecule has 9 heteroatoms. The Hall–Kier alpha value is -7.41. The summed E-state index contributed by atoms with van der Waals surface area (Å²) in [5.74, 6) is 1.31. The van der Waals surface area contributed by atoms with E-state index >= 15 is 0 Å². The largest absolute Gasteiger partial charge is 0.276 e. The lowest BCUT2D eigenvalue weighted by atomic mass is 9.99. The number of benzene rings is 3. The van der Waals surface area contributed by atoms with E-state index in [0.717, 1.165) is 50.1 Å². The van der Waals surface area contributed by atoms with Gasteiger partial charge in [0.15, 0.2) is 17.5 Å². The maximum atomic E-state index is 9.70. The van der Waals surface area contributed by atoms with Gasteiger partial charge in [-0.15, -0.1) is 0 Å². The minimum atomic E-state index is 0.438. The van der Waals surface area contributed by atoms with Crippen LogP contribution in [0.2, 0.25) is 0 Å². The molecule has 0 bridgehead atoms. The summed E-state index contributed by atoms with van der Waals surface area (Å²) in [6.45, 7) is 7.62. The van der Waals surface area contributed by atoms with Crippen molar-refractivity contribution in [1.82, 2.24) is 29.9 Å². The third-order valence-corrected chi connectivity index (χ3v) is 7.73. The summed E-state index contributed by atoms with van der Waals surface area (Å²) in [6.07, 6.45) is 9.62. The molecule has 222 valence electrons. The Kier molecular flexibility index (Phi) is 7.88. The van der Waals surface area contributed by atoms with Crippen LogP contribution in [0.25, 0.3) is 72.4 Å². The minimum Gasteiger partial charge on any atom is -0.276 e. The maximum absolute atomic E-state index is 9.70. The zero-order chi connectivity index (χ0) is 32.9. The van der Waals surface area contributed by atoms with Gasteiger partial charge in [-0.25, -0.2) is 19.8 Å². The number of hydrogen-bond donors (Lipinski definition) is 0. The van der Waals surface area contributed by atoms with Crippen LogP contribution >= 0.6 is 0 Å². The predicted molar refractivity (Wildman–Crippen MR) is 182 cm³/mol. The van der Waals surface area contributed by atoms with Gasteiger partial charge in [0.25, 0.3) is 0 Å². The predicted octanol–water partition coefficient (Wildman–Crippen LogP) is 8.35. The molecular weight excluding hydrogens is 594 g/mol. The molecule has 0 radical (unpaired) electrons. The zero-order valence-corrected chi connectivity index (χ0v) is 25.1. The van der Waals surface area contributed by atoms with Gasteiger partial charge in [0.2, 0.25) is 5.69 Å². The standard InChI is InChI=1S/C39H21N9/c1-42-36-24-45-16-13-35(36)27-7-4-10-30(19-27)39-47-37(28-8-2-5-25(17-28)33-11-14-43-22-31(33)20-40)46-38(48-39)29-9-3-6-26(18-29)34-12-15-44-23-32(34)21-41/h2-19,22-24H. The first-order valence-electron chi connectivity index (χ1n) is 14.7. The van der Waals surface area contributed by atoms with Gasteiger partial charge in [-0.2, -0.15) is 10.5 Å². The fourth-order valence-electron chi connectivity index (χ4n) is 5.43. The molecular formula is C39H21N9. The molecule has 3 aromatic carbocycles. The normalized spacial score (nSPS) is 10.4. The molecule has 0 saturated carbocycles. The first-order chi connectivity index (χ1) is 23.6. The molecule has 0 spiro atoms. The number of pyridine rings is 3. The number of nitriles is 2. The summed E-state index contributed by atoms with van der Waals surface area (Å²) in [5.41, 5.74) is 8.31. The lowest BCUT2D eigenvalue weighted by Crippen LogP contribution is -2.01. The third-order valence-electron chi connectivity index (χ3n) is 7.73. The molecule has 0 aliphatic rings. The van der Waals surface area contributed by atoms with Gasteiger partial charge in [0.1, 0.15) is 12.1 Å². The van der Waals surface area contributed by atoms with Crippen LogP contribution in [0.1, 0.15) is 11.1 Å². The van der Waals surface area contributed by atoms with Crippen LogP contribution in [0, 0.1) is 29.2 Å². The summed E-state index contributed by atoms with van der Waals surface area (Å²) in [4.78, 5) is 30.8. The summed E-state index contributed by atoms with van der Waals surface area (Å²) in [6, 6.07) is 33.0. The lowest BCUT2D eigenvalue weighted by Gasteiger charge is -2.12. The molecule has 0 atom stereocenters. The first kappa shape index (κ1) is 29.3. The molecule has 4 aromatic heterocycles. The van der Waals surface area contributed by atoms with Gasteiger partial charge in [0, 0.05) is 65.0 Å². The molecule has 0 aliphatic heterocycles. The second-order valence-corrected chi connectivity index (χ2v) is 10.6. The lowest BCUT2D eigenvalue weighted by molar-refractivity contribution is 1.07. The van der Waals surface area contributed by atoms with Crippen LogP contribution in [-0.2, 0) is 0 Å². The monoisotopic (exact) mass is 615 g/mol. The minimum absolute atomic E-state index is 0.438. The van der Waals surface area contributed by atoms with Crippen molar-refractivity contribution in [2.45, 2.75) is 0 Å². The smallest absolute Gasteiger partial charge is 0.212 e. The van der Waals surface area contributed by atoms with Gasteiger partial charge >= 0.3 is 0 Å².